The molecule has 212 valence electrons. The molecule has 12 nitrogen and oxygen atoms in total. The van der Waals surface area contributed by atoms with Crippen LogP contribution in [0.5, 0.6) is 0 Å². The predicted octanol–water partition coefficient (Wildman–Crippen LogP) is 6.89. The lowest BCUT2D eigenvalue weighted by Crippen LogP contribution is -2.12. The molecular formula is C24H18Cl2N6O6S3. The van der Waals surface area contributed by atoms with Gasteiger partial charge in [0.15, 0.2) is 10.3 Å². The number of hydrogen-bond donors (Lipinski definition) is 2. The maximum atomic E-state index is 12.3. The monoisotopic (exact) mass is 652 g/mol. The molecule has 0 aliphatic rings. The van der Waals surface area contributed by atoms with E-state index in [0.717, 1.165) is 11.3 Å². The molecule has 0 spiro atoms. The van der Waals surface area contributed by atoms with Gasteiger partial charge in [-0.15, -0.1) is 35.1 Å². The molecule has 0 atom stereocenters. The van der Waals surface area contributed by atoms with Crippen LogP contribution in [0.4, 0.5) is 21.6 Å². The summed E-state index contributed by atoms with van der Waals surface area (Å²) in [4.78, 5) is 28.8. The third-order valence-electron chi connectivity index (χ3n) is 5.08. The normalized spacial score (nSPS) is 10.6. The lowest BCUT2D eigenvalue weighted by molar-refractivity contribution is -0.385. The Balaban J connectivity index is 0.000000248. The molecule has 3 N–H and O–H groups in total. The van der Waals surface area contributed by atoms with Gasteiger partial charge in [-0.25, -0.2) is 18.4 Å². The largest absolute Gasteiger partial charge is 0.375 e. The molecule has 0 bridgehead atoms. The summed E-state index contributed by atoms with van der Waals surface area (Å²) < 4.78 is 27.0. The van der Waals surface area contributed by atoms with Crippen LogP contribution in [0.2, 0.25) is 5.02 Å². The average Bonchev–Trinajstić information content (AvgIpc) is 3.58. The first-order valence-corrected chi connectivity index (χ1v) is 14.6. The number of sulfonamides is 1. The van der Waals surface area contributed by atoms with Gasteiger partial charge < -0.3 is 5.73 Å². The van der Waals surface area contributed by atoms with Crippen LogP contribution in [0.1, 0.15) is 0 Å². The Labute approximate surface area is 252 Å². The second-order valence-electron chi connectivity index (χ2n) is 7.78. The molecule has 0 unspecified atom stereocenters. The van der Waals surface area contributed by atoms with Crippen LogP contribution in [0.25, 0.3) is 22.5 Å². The van der Waals surface area contributed by atoms with Crippen molar-refractivity contribution in [3.63, 3.8) is 0 Å². The van der Waals surface area contributed by atoms with E-state index in [1.54, 1.807) is 35.0 Å². The molecule has 0 saturated carbocycles. The first-order valence-electron chi connectivity index (χ1n) is 11.0. The molecule has 17 heteroatoms. The van der Waals surface area contributed by atoms with Gasteiger partial charge in [-0.05, 0) is 24.3 Å². The minimum absolute atomic E-state index is 0. The summed E-state index contributed by atoms with van der Waals surface area (Å²) in [6, 6.07) is 18.0. The number of anilines is 2. The van der Waals surface area contributed by atoms with Crippen molar-refractivity contribution in [2.75, 3.05) is 10.5 Å². The number of nitrogens with two attached hydrogens (primary N) is 1. The van der Waals surface area contributed by atoms with Crippen molar-refractivity contribution >= 4 is 78.3 Å². The van der Waals surface area contributed by atoms with Gasteiger partial charge in [-0.3, -0.25) is 25.0 Å². The second kappa shape index (κ2) is 13.5. The van der Waals surface area contributed by atoms with Crippen molar-refractivity contribution in [1.29, 1.82) is 0 Å². The highest BCUT2D eigenvalue weighted by atomic mass is 35.5. The SMILES string of the molecule is Cl.Nc1nc(-c2cccc([N+](=O)[O-])c2)cs1.O=[N+]([O-])c1cccc(-c2csc(NS(=O)(=O)c3ccc(Cl)cc3)n2)c1. The fourth-order valence-corrected chi connectivity index (χ4v) is 5.89. The molecule has 3 aromatic carbocycles. The fraction of sp³-hybridized carbons (Fsp3) is 0. The van der Waals surface area contributed by atoms with Crippen LogP contribution in [-0.2, 0) is 10.0 Å². The van der Waals surface area contributed by atoms with E-state index in [9.17, 15) is 28.6 Å². The summed E-state index contributed by atoms with van der Waals surface area (Å²) in [5.74, 6) is 0. The number of aromatic nitrogens is 2. The van der Waals surface area contributed by atoms with Gasteiger partial charge in [-0.2, -0.15) is 0 Å². The zero-order valence-corrected chi connectivity index (χ0v) is 24.4. The maximum Gasteiger partial charge on any atom is 0.270 e. The summed E-state index contributed by atoms with van der Waals surface area (Å²) in [5.41, 5.74) is 7.83. The van der Waals surface area contributed by atoms with Gasteiger partial charge in [0.1, 0.15) is 0 Å². The molecule has 0 saturated heterocycles. The molecule has 5 rings (SSSR count). The summed E-state index contributed by atoms with van der Waals surface area (Å²) >= 11 is 8.15. The number of thiazole rings is 2. The average molecular weight is 654 g/mol. The zero-order chi connectivity index (χ0) is 28.9. The van der Waals surface area contributed by atoms with Crippen molar-refractivity contribution < 1.29 is 18.3 Å². The number of non-ortho nitro benzene ring substituents is 2. The molecule has 41 heavy (non-hydrogen) atoms. The van der Waals surface area contributed by atoms with E-state index in [-0.39, 0.29) is 33.8 Å². The van der Waals surface area contributed by atoms with E-state index in [1.165, 1.54) is 59.9 Å². The Morgan fingerprint density at radius 3 is 1.80 bits per heavy atom. The van der Waals surface area contributed by atoms with E-state index < -0.39 is 19.9 Å². The molecule has 0 radical (unpaired) electrons. The first-order chi connectivity index (χ1) is 19.0. The number of halogens is 2. The molecule has 5 aromatic rings. The van der Waals surface area contributed by atoms with Crippen LogP contribution in [-0.4, -0.2) is 28.2 Å². The van der Waals surface area contributed by atoms with Crippen molar-refractivity contribution in [3.05, 3.63) is 109 Å². The number of nitrogen functional groups attached to an aromatic ring is 1. The predicted molar refractivity (Wildman–Crippen MR) is 162 cm³/mol. The molecule has 0 aliphatic heterocycles. The van der Waals surface area contributed by atoms with E-state index in [0.29, 0.717) is 32.7 Å². The van der Waals surface area contributed by atoms with E-state index in [1.807, 2.05) is 0 Å². The third-order valence-corrected chi connectivity index (χ3v) is 8.24. The van der Waals surface area contributed by atoms with Gasteiger partial charge >= 0.3 is 0 Å². The Bertz CT molecular complexity index is 1800. The summed E-state index contributed by atoms with van der Waals surface area (Å²) in [7, 11) is -3.79. The maximum absolute atomic E-state index is 12.3. The quantitative estimate of drug-likeness (QED) is 0.139. The van der Waals surface area contributed by atoms with Gasteiger partial charge in [-0.1, -0.05) is 35.9 Å². The summed E-state index contributed by atoms with van der Waals surface area (Å²) in [5, 5.41) is 25.8. The standard InChI is InChI=1S/C15H10ClN3O4S2.C9H7N3O2S.ClH/c16-11-4-6-13(7-5-11)25(22,23)18-15-17-14(9-24-15)10-2-1-3-12(8-10)19(20)21;10-9-11-8(5-15-9)6-2-1-3-7(4-6)12(13)14;/h1-9H,(H,17,18);1-5H,(H2,10,11);1H. The smallest absolute Gasteiger partial charge is 0.270 e. The Hall–Kier alpha value is -4.15. The molecule has 0 amide bonds. The Kier molecular flexibility index (Phi) is 10.3. The Morgan fingerprint density at radius 2 is 1.32 bits per heavy atom. The molecule has 0 fully saturated rings. The zero-order valence-electron chi connectivity index (χ0n) is 20.4. The molecule has 2 aromatic heterocycles. The van der Waals surface area contributed by atoms with Crippen molar-refractivity contribution in [3.8, 4) is 22.5 Å². The number of nitrogens with one attached hydrogen (secondary N) is 1. The lowest BCUT2D eigenvalue weighted by Gasteiger charge is -2.05. The van der Waals surface area contributed by atoms with Crippen molar-refractivity contribution in [2.45, 2.75) is 4.90 Å². The van der Waals surface area contributed by atoms with Gasteiger partial charge in [0.05, 0.1) is 26.1 Å². The van der Waals surface area contributed by atoms with E-state index >= 15 is 0 Å². The van der Waals surface area contributed by atoms with Crippen LogP contribution >= 0.6 is 46.7 Å². The minimum atomic E-state index is -3.79. The molecule has 2 heterocycles. The number of nitro groups is 2. The number of nitro benzene ring substituents is 2. The fourth-order valence-electron chi connectivity index (χ4n) is 3.22. The number of nitrogens with zero attached hydrogens (tertiary/aromatic N) is 4. The third kappa shape index (κ3) is 8.18. The van der Waals surface area contributed by atoms with Crippen molar-refractivity contribution in [1.82, 2.24) is 9.97 Å². The van der Waals surface area contributed by atoms with Gasteiger partial charge in [0.25, 0.3) is 21.4 Å². The number of hydrogen-bond acceptors (Lipinski definition) is 11. The lowest BCUT2D eigenvalue weighted by atomic mass is 10.1. The first kappa shape index (κ1) is 31.4. The van der Waals surface area contributed by atoms with E-state index in [4.69, 9.17) is 17.3 Å². The highest BCUT2D eigenvalue weighted by molar-refractivity contribution is 7.93. The van der Waals surface area contributed by atoms with Gasteiger partial charge in [0.2, 0.25) is 0 Å². The van der Waals surface area contributed by atoms with Crippen LogP contribution < -0.4 is 10.5 Å². The topological polar surface area (TPSA) is 184 Å². The van der Waals surface area contributed by atoms with Crippen molar-refractivity contribution in [2.24, 2.45) is 0 Å². The highest BCUT2D eigenvalue weighted by Crippen LogP contribution is 2.29. The van der Waals surface area contributed by atoms with Crippen LogP contribution in [0, 0.1) is 20.2 Å². The van der Waals surface area contributed by atoms with Crippen LogP contribution in [0.3, 0.4) is 0 Å². The van der Waals surface area contributed by atoms with E-state index in [2.05, 4.69) is 14.7 Å². The summed E-state index contributed by atoms with van der Waals surface area (Å²) in [6.45, 7) is 0. The Morgan fingerprint density at radius 1 is 0.805 bits per heavy atom. The molecule has 0 aliphatic carbocycles. The number of rotatable bonds is 7. The van der Waals surface area contributed by atoms with Gasteiger partial charge in [0, 0.05) is 51.2 Å². The minimum Gasteiger partial charge on any atom is -0.375 e. The molecular weight excluding hydrogens is 635 g/mol. The highest BCUT2D eigenvalue weighted by Gasteiger charge is 2.17. The second-order valence-corrected chi connectivity index (χ2v) is 11.6. The van der Waals surface area contributed by atoms with Crippen LogP contribution in [0.15, 0.2) is 88.5 Å². The summed E-state index contributed by atoms with van der Waals surface area (Å²) in [6.07, 6.45) is 0. The number of benzene rings is 3.